The molecule has 3 rings (SSSR count). The number of carbonyl (C=O) groups excluding carboxylic acids is 1. The molecule has 21 heavy (non-hydrogen) atoms. The first kappa shape index (κ1) is 14.1. The number of benzene rings is 1. The van der Waals surface area contributed by atoms with Crippen molar-refractivity contribution >= 4 is 11.9 Å². The van der Waals surface area contributed by atoms with E-state index in [1.165, 1.54) is 5.56 Å². The Morgan fingerprint density at radius 1 is 1.24 bits per heavy atom. The minimum atomic E-state index is -0.794. The summed E-state index contributed by atoms with van der Waals surface area (Å²) < 4.78 is 0. The van der Waals surface area contributed by atoms with Gasteiger partial charge in [0.05, 0.1) is 10.8 Å². The Morgan fingerprint density at radius 3 is 2.62 bits per heavy atom. The molecule has 1 aromatic rings. The molecular formula is C17H21NO3. The third-order valence-corrected chi connectivity index (χ3v) is 5.13. The lowest BCUT2D eigenvalue weighted by Gasteiger charge is -2.35. The Labute approximate surface area is 124 Å². The number of hydrogen-bond donors (Lipinski definition) is 2. The van der Waals surface area contributed by atoms with Crippen LogP contribution in [0.4, 0.5) is 0 Å². The number of aryl methyl sites for hydroxylation is 1. The zero-order chi connectivity index (χ0) is 15.1. The summed E-state index contributed by atoms with van der Waals surface area (Å²) >= 11 is 0. The van der Waals surface area contributed by atoms with Crippen LogP contribution in [0.25, 0.3) is 0 Å². The maximum Gasteiger partial charge on any atom is 0.311 e. The highest BCUT2D eigenvalue weighted by atomic mass is 16.4. The zero-order valence-corrected chi connectivity index (χ0v) is 12.3. The fourth-order valence-electron chi connectivity index (χ4n) is 3.34. The Bertz CT molecular complexity index is 591. The van der Waals surface area contributed by atoms with Gasteiger partial charge >= 0.3 is 5.97 Å². The summed E-state index contributed by atoms with van der Waals surface area (Å²) in [5, 5.41) is 12.1. The third-order valence-electron chi connectivity index (χ3n) is 5.13. The molecule has 0 aromatic heterocycles. The molecule has 2 aliphatic carbocycles. The molecule has 0 radical (unpaired) electrons. The predicted octanol–water partition coefficient (Wildman–Crippen LogP) is 2.26. The van der Waals surface area contributed by atoms with Gasteiger partial charge in [-0.15, -0.1) is 0 Å². The van der Waals surface area contributed by atoms with Crippen LogP contribution in [0.3, 0.4) is 0 Å². The van der Waals surface area contributed by atoms with Gasteiger partial charge in [0.2, 0.25) is 5.91 Å². The summed E-state index contributed by atoms with van der Waals surface area (Å²) in [7, 11) is 0. The lowest BCUT2D eigenvalue weighted by atomic mass is 9.70. The molecule has 4 nitrogen and oxygen atoms in total. The summed E-state index contributed by atoms with van der Waals surface area (Å²) in [5.41, 5.74) is 1.08. The van der Waals surface area contributed by atoms with Crippen molar-refractivity contribution in [2.75, 3.05) is 6.54 Å². The van der Waals surface area contributed by atoms with E-state index in [1.54, 1.807) is 0 Å². The topological polar surface area (TPSA) is 66.4 Å². The van der Waals surface area contributed by atoms with Crippen molar-refractivity contribution in [2.24, 2.45) is 5.41 Å². The van der Waals surface area contributed by atoms with Gasteiger partial charge in [-0.05, 0) is 50.2 Å². The van der Waals surface area contributed by atoms with Gasteiger partial charge in [0.15, 0.2) is 0 Å². The van der Waals surface area contributed by atoms with E-state index in [2.05, 4.69) is 11.4 Å². The summed E-state index contributed by atoms with van der Waals surface area (Å²) in [5.74, 6) is -0.834. The molecule has 2 aliphatic rings. The van der Waals surface area contributed by atoms with Crippen LogP contribution in [0, 0.1) is 5.41 Å². The molecule has 0 aliphatic heterocycles. The first-order valence-corrected chi connectivity index (χ1v) is 7.58. The number of carbonyl (C=O) groups is 2. The Kier molecular flexibility index (Phi) is 3.27. The molecule has 2 N–H and O–H groups in total. The monoisotopic (exact) mass is 287 g/mol. The summed E-state index contributed by atoms with van der Waals surface area (Å²) in [4.78, 5) is 23.9. The second-order valence-electron chi connectivity index (χ2n) is 6.61. The van der Waals surface area contributed by atoms with Crippen LogP contribution in [0.15, 0.2) is 24.3 Å². The molecule has 0 bridgehead atoms. The molecule has 1 fully saturated rings. The number of amides is 1. The van der Waals surface area contributed by atoms with Gasteiger partial charge in [0, 0.05) is 6.54 Å². The van der Waals surface area contributed by atoms with Crippen LogP contribution in [0.1, 0.15) is 43.7 Å². The molecule has 0 saturated heterocycles. The minimum Gasteiger partial charge on any atom is -0.481 e. The summed E-state index contributed by atoms with van der Waals surface area (Å²) in [6.45, 7) is 2.22. The molecular weight excluding hydrogens is 266 g/mol. The average molecular weight is 287 g/mol. The van der Waals surface area contributed by atoms with E-state index in [-0.39, 0.29) is 12.5 Å². The van der Waals surface area contributed by atoms with E-state index in [4.69, 9.17) is 0 Å². The fourth-order valence-corrected chi connectivity index (χ4v) is 3.34. The lowest BCUT2D eigenvalue weighted by Crippen LogP contribution is -2.47. The van der Waals surface area contributed by atoms with Crippen molar-refractivity contribution < 1.29 is 14.7 Å². The first-order valence-electron chi connectivity index (χ1n) is 7.58. The highest BCUT2D eigenvalue weighted by Crippen LogP contribution is 2.45. The number of fused-ring (bicyclic) bond motifs is 1. The highest BCUT2D eigenvalue weighted by molar-refractivity contribution is 5.89. The van der Waals surface area contributed by atoms with E-state index in [9.17, 15) is 14.7 Å². The van der Waals surface area contributed by atoms with E-state index in [1.807, 2.05) is 25.1 Å². The number of carboxylic acids is 1. The van der Waals surface area contributed by atoms with Crippen molar-refractivity contribution in [3.05, 3.63) is 35.4 Å². The number of aliphatic carboxylic acids is 1. The Hall–Kier alpha value is -1.84. The fraction of sp³-hybridized carbons (Fsp3) is 0.529. The van der Waals surface area contributed by atoms with Gasteiger partial charge in [-0.25, -0.2) is 0 Å². The number of nitrogens with one attached hydrogen (secondary N) is 1. The molecule has 0 spiro atoms. The predicted molar refractivity (Wildman–Crippen MR) is 79.0 cm³/mol. The standard InChI is InChI=1S/C17H21NO3/c1-16(8-4-6-12-5-2-3-7-13(12)16)14(19)18-11-17(9-10-17)15(20)21/h2-3,5,7H,4,6,8-11H2,1H3,(H,18,19)(H,20,21). The molecule has 1 unspecified atom stereocenters. The van der Waals surface area contributed by atoms with Crippen molar-refractivity contribution in [1.29, 1.82) is 0 Å². The van der Waals surface area contributed by atoms with E-state index < -0.39 is 16.8 Å². The maximum atomic E-state index is 12.7. The van der Waals surface area contributed by atoms with Gasteiger partial charge in [-0.2, -0.15) is 0 Å². The van der Waals surface area contributed by atoms with Gasteiger partial charge in [-0.1, -0.05) is 24.3 Å². The summed E-state index contributed by atoms with van der Waals surface area (Å²) in [6.07, 6.45) is 4.14. The lowest BCUT2D eigenvalue weighted by molar-refractivity contribution is -0.143. The SMILES string of the molecule is CC1(C(=O)NCC2(C(=O)O)CC2)CCCc2ccccc21. The minimum absolute atomic E-state index is 0.0397. The second kappa shape index (κ2) is 4.86. The van der Waals surface area contributed by atoms with Crippen LogP contribution < -0.4 is 5.32 Å². The van der Waals surface area contributed by atoms with Gasteiger partial charge in [0.1, 0.15) is 0 Å². The van der Waals surface area contributed by atoms with Gasteiger partial charge in [-0.3, -0.25) is 9.59 Å². The highest BCUT2D eigenvalue weighted by Gasteiger charge is 2.51. The van der Waals surface area contributed by atoms with Crippen molar-refractivity contribution in [3.8, 4) is 0 Å². The Balaban J connectivity index is 1.77. The molecule has 4 heteroatoms. The zero-order valence-electron chi connectivity index (χ0n) is 12.3. The van der Waals surface area contributed by atoms with E-state index in [0.717, 1.165) is 24.8 Å². The third kappa shape index (κ3) is 2.33. The van der Waals surface area contributed by atoms with Crippen molar-refractivity contribution in [3.63, 3.8) is 0 Å². The largest absolute Gasteiger partial charge is 0.481 e. The number of hydrogen-bond acceptors (Lipinski definition) is 2. The van der Waals surface area contributed by atoms with Crippen molar-refractivity contribution in [1.82, 2.24) is 5.32 Å². The maximum absolute atomic E-state index is 12.7. The van der Waals surface area contributed by atoms with E-state index >= 15 is 0 Å². The van der Waals surface area contributed by atoms with Gasteiger partial charge in [0.25, 0.3) is 0 Å². The quantitative estimate of drug-likeness (QED) is 0.892. The van der Waals surface area contributed by atoms with Crippen LogP contribution in [0.2, 0.25) is 0 Å². The molecule has 1 saturated carbocycles. The molecule has 112 valence electrons. The van der Waals surface area contributed by atoms with Crippen LogP contribution in [-0.4, -0.2) is 23.5 Å². The smallest absolute Gasteiger partial charge is 0.311 e. The molecule has 1 atom stereocenters. The van der Waals surface area contributed by atoms with Crippen LogP contribution in [-0.2, 0) is 21.4 Å². The normalized spacial score (nSPS) is 25.8. The second-order valence-corrected chi connectivity index (χ2v) is 6.61. The van der Waals surface area contributed by atoms with Crippen LogP contribution >= 0.6 is 0 Å². The first-order chi connectivity index (χ1) is 9.98. The average Bonchev–Trinajstić information content (AvgIpc) is 3.26. The summed E-state index contributed by atoms with van der Waals surface area (Å²) in [6, 6.07) is 8.08. The Morgan fingerprint density at radius 2 is 1.95 bits per heavy atom. The van der Waals surface area contributed by atoms with E-state index in [0.29, 0.717) is 12.8 Å². The van der Waals surface area contributed by atoms with Crippen LogP contribution in [0.5, 0.6) is 0 Å². The molecule has 1 aromatic carbocycles. The number of carboxylic acid groups (broad SMARTS) is 1. The molecule has 1 amide bonds. The van der Waals surface area contributed by atoms with Crippen molar-refractivity contribution in [2.45, 2.75) is 44.4 Å². The van der Waals surface area contributed by atoms with Gasteiger partial charge < -0.3 is 10.4 Å². The number of rotatable bonds is 4. The molecule has 0 heterocycles.